The number of carbonyl (C=O) groups is 1. The highest BCUT2D eigenvalue weighted by Gasteiger charge is 2.11. The van der Waals surface area contributed by atoms with Crippen molar-refractivity contribution in [3.63, 3.8) is 0 Å². The third-order valence-electron chi connectivity index (χ3n) is 3.91. The second-order valence-electron chi connectivity index (χ2n) is 5.41. The van der Waals surface area contributed by atoms with E-state index in [9.17, 15) is 9.90 Å². The first-order chi connectivity index (χ1) is 11.7. The van der Waals surface area contributed by atoms with E-state index in [1.807, 2.05) is 42.5 Å². The zero-order valence-corrected chi connectivity index (χ0v) is 12.6. The number of aromatic amines is 1. The normalized spacial score (nSPS) is 10.8. The smallest absolute Gasteiger partial charge is 0.336 e. The highest BCUT2D eigenvalue weighted by atomic mass is 16.4. The highest BCUT2D eigenvalue weighted by Crippen LogP contribution is 2.27. The lowest BCUT2D eigenvalue weighted by Gasteiger charge is -2.06. The molecule has 2 heterocycles. The van der Waals surface area contributed by atoms with Crippen LogP contribution in [0.4, 0.5) is 0 Å². The summed E-state index contributed by atoms with van der Waals surface area (Å²) >= 11 is 0. The van der Waals surface area contributed by atoms with Gasteiger partial charge in [0.2, 0.25) is 0 Å². The molecule has 0 fully saturated rings. The minimum Gasteiger partial charge on any atom is -0.478 e. The van der Waals surface area contributed by atoms with E-state index >= 15 is 0 Å². The minimum absolute atomic E-state index is 0.292. The van der Waals surface area contributed by atoms with Gasteiger partial charge in [0, 0.05) is 11.8 Å². The van der Waals surface area contributed by atoms with E-state index in [-0.39, 0.29) is 0 Å². The summed E-state index contributed by atoms with van der Waals surface area (Å²) in [4.78, 5) is 23.2. The van der Waals surface area contributed by atoms with Crippen molar-refractivity contribution in [3.8, 4) is 22.5 Å². The van der Waals surface area contributed by atoms with Gasteiger partial charge in [0.1, 0.15) is 5.82 Å². The SMILES string of the molecule is O=C(O)c1ccccc1-c1ccc(-c2nc3ccncc3[nH]2)cc1. The first kappa shape index (κ1) is 14.1. The number of hydrogen-bond acceptors (Lipinski definition) is 3. The molecule has 4 rings (SSSR count). The van der Waals surface area contributed by atoms with Gasteiger partial charge in [-0.15, -0.1) is 0 Å². The molecule has 0 aliphatic heterocycles. The van der Waals surface area contributed by atoms with Crippen LogP contribution in [-0.4, -0.2) is 26.0 Å². The molecule has 0 aliphatic carbocycles. The largest absolute Gasteiger partial charge is 0.478 e. The van der Waals surface area contributed by atoms with Gasteiger partial charge < -0.3 is 10.1 Å². The van der Waals surface area contributed by atoms with E-state index in [1.165, 1.54) is 0 Å². The average Bonchev–Trinajstić information content (AvgIpc) is 3.06. The van der Waals surface area contributed by atoms with Gasteiger partial charge in [-0.2, -0.15) is 0 Å². The Morgan fingerprint density at radius 2 is 1.71 bits per heavy atom. The van der Waals surface area contributed by atoms with Gasteiger partial charge in [-0.05, 0) is 23.3 Å². The maximum absolute atomic E-state index is 11.4. The lowest BCUT2D eigenvalue weighted by Crippen LogP contribution is -1.98. The van der Waals surface area contributed by atoms with Crippen molar-refractivity contribution in [3.05, 3.63) is 72.6 Å². The van der Waals surface area contributed by atoms with Crippen molar-refractivity contribution < 1.29 is 9.90 Å². The molecule has 2 N–H and O–H groups in total. The summed E-state index contributed by atoms with van der Waals surface area (Å²) in [7, 11) is 0. The number of benzene rings is 2. The molecule has 0 atom stereocenters. The number of nitrogens with zero attached hydrogens (tertiary/aromatic N) is 2. The number of rotatable bonds is 3. The number of carboxylic acid groups (broad SMARTS) is 1. The zero-order valence-electron chi connectivity index (χ0n) is 12.6. The molecule has 4 aromatic rings. The van der Waals surface area contributed by atoms with Gasteiger partial charge in [0.25, 0.3) is 0 Å². The minimum atomic E-state index is -0.931. The maximum Gasteiger partial charge on any atom is 0.336 e. The summed E-state index contributed by atoms with van der Waals surface area (Å²) in [5.74, 6) is -0.171. The molecule has 0 bridgehead atoms. The Labute approximate surface area is 137 Å². The Morgan fingerprint density at radius 1 is 0.958 bits per heavy atom. The molecular weight excluding hydrogens is 302 g/mol. The first-order valence-electron chi connectivity index (χ1n) is 7.45. The second-order valence-corrected chi connectivity index (χ2v) is 5.41. The van der Waals surface area contributed by atoms with Gasteiger partial charge in [0.15, 0.2) is 0 Å². The Morgan fingerprint density at radius 3 is 2.46 bits per heavy atom. The zero-order chi connectivity index (χ0) is 16.5. The second kappa shape index (κ2) is 5.62. The monoisotopic (exact) mass is 315 g/mol. The van der Waals surface area contributed by atoms with Gasteiger partial charge in [0.05, 0.1) is 22.8 Å². The van der Waals surface area contributed by atoms with Crippen molar-refractivity contribution in [1.82, 2.24) is 15.0 Å². The fraction of sp³-hybridized carbons (Fsp3) is 0. The van der Waals surface area contributed by atoms with E-state index < -0.39 is 5.97 Å². The number of aromatic nitrogens is 3. The van der Waals surface area contributed by atoms with Crippen LogP contribution in [0.15, 0.2) is 67.0 Å². The Kier molecular flexibility index (Phi) is 3.31. The predicted octanol–water partition coefficient (Wildman–Crippen LogP) is 3.99. The molecule has 0 amide bonds. The van der Waals surface area contributed by atoms with E-state index in [0.29, 0.717) is 11.1 Å². The molecule has 0 saturated carbocycles. The van der Waals surface area contributed by atoms with Crippen LogP contribution in [0.25, 0.3) is 33.5 Å². The highest BCUT2D eigenvalue weighted by molar-refractivity contribution is 5.96. The van der Waals surface area contributed by atoms with Crippen LogP contribution >= 0.6 is 0 Å². The molecule has 2 aromatic heterocycles. The van der Waals surface area contributed by atoms with Crippen LogP contribution in [0.5, 0.6) is 0 Å². The maximum atomic E-state index is 11.4. The first-order valence-corrected chi connectivity index (χ1v) is 7.45. The molecule has 0 spiro atoms. The van der Waals surface area contributed by atoms with E-state index in [0.717, 1.165) is 28.0 Å². The quantitative estimate of drug-likeness (QED) is 0.599. The van der Waals surface area contributed by atoms with Crippen molar-refractivity contribution in [2.45, 2.75) is 0 Å². The van der Waals surface area contributed by atoms with Gasteiger partial charge in [-0.1, -0.05) is 42.5 Å². The number of carboxylic acids is 1. The van der Waals surface area contributed by atoms with E-state index in [4.69, 9.17) is 0 Å². The third-order valence-corrected chi connectivity index (χ3v) is 3.91. The number of hydrogen-bond donors (Lipinski definition) is 2. The number of pyridine rings is 1. The number of aromatic carboxylic acids is 1. The van der Waals surface area contributed by atoms with Crippen LogP contribution in [0.1, 0.15) is 10.4 Å². The predicted molar refractivity (Wildman–Crippen MR) is 91.7 cm³/mol. The van der Waals surface area contributed by atoms with Gasteiger partial charge >= 0.3 is 5.97 Å². The van der Waals surface area contributed by atoms with Crippen molar-refractivity contribution >= 4 is 17.0 Å². The molecule has 0 radical (unpaired) electrons. The lowest BCUT2D eigenvalue weighted by molar-refractivity contribution is 0.0697. The van der Waals surface area contributed by atoms with Crippen LogP contribution in [0.3, 0.4) is 0 Å². The number of fused-ring (bicyclic) bond motifs is 1. The summed E-state index contributed by atoms with van der Waals surface area (Å²) in [5.41, 5.74) is 4.52. The Balaban J connectivity index is 1.74. The topological polar surface area (TPSA) is 78.9 Å². The summed E-state index contributed by atoms with van der Waals surface area (Å²) in [6.45, 7) is 0. The summed E-state index contributed by atoms with van der Waals surface area (Å²) < 4.78 is 0. The Bertz CT molecular complexity index is 1000. The van der Waals surface area contributed by atoms with Crippen LogP contribution in [0, 0.1) is 0 Å². The molecule has 2 aromatic carbocycles. The molecule has 24 heavy (non-hydrogen) atoms. The summed E-state index contributed by atoms with van der Waals surface area (Å²) in [5, 5.41) is 9.32. The molecule has 5 nitrogen and oxygen atoms in total. The molecule has 116 valence electrons. The van der Waals surface area contributed by atoms with E-state index in [2.05, 4.69) is 15.0 Å². The van der Waals surface area contributed by atoms with Crippen LogP contribution in [0.2, 0.25) is 0 Å². The number of H-pyrrole nitrogens is 1. The Hall–Kier alpha value is -3.47. The van der Waals surface area contributed by atoms with Gasteiger partial charge in [-0.3, -0.25) is 4.98 Å². The standard InChI is InChI=1S/C19H13N3O2/c23-19(24)15-4-2-1-3-14(15)12-5-7-13(8-6-12)18-21-16-9-10-20-11-17(16)22-18/h1-11H,(H,21,22)(H,23,24). The molecule has 0 unspecified atom stereocenters. The molecule has 0 aliphatic rings. The van der Waals surface area contributed by atoms with Crippen LogP contribution < -0.4 is 0 Å². The van der Waals surface area contributed by atoms with Crippen molar-refractivity contribution in [1.29, 1.82) is 0 Å². The lowest BCUT2D eigenvalue weighted by atomic mass is 9.98. The molecule has 0 saturated heterocycles. The number of imidazole rings is 1. The van der Waals surface area contributed by atoms with Crippen molar-refractivity contribution in [2.75, 3.05) is 0 Å². The van der Waals surface area contributed by atoms with Crippen LogP contribution in [-0.2, 0) is 0 Å². The summed E-state index contributed by atoms with van der Waals surface area (Å²) in [6, 6.07) is 16.5. The fourth-order valence-electron chi connectivity index (χ4n) is 2.72. The molecular formula is C19H13N3O2. The molecule has 5 heteroatoms. The van der Waals surface area contributed by atoms with Gasteiger partial charge in [-0.25, -0.2) is 9.78 Å². The van der Waals surface area contributed by atoms with E-state index in [1.54, 1.807) is 24.5 Å². The summed E-state index contributed by atoms with van der Waals surface area (Å²) in [6.07, 6.45) is 3.45. The third kappa shape index (κ3) is 2.42. The number of nitrogens with one attached hydrogen (secondary N) is 1. The van der Waals surface area contributed by atoms with Crippen molar-refractivity contribution in [2.24, 2.45) is 0 Å². The fourth-order valence-corrected chi connectivity index (χ4v) is 2.72. The average molecular weight is 315 g/mol.